The van der Waals surface area contributed by atoms with E-state index in [1.807, 2.05) is 0 Å². The molecule has 20 heavy (non-hydrogen) atoms. The summed E-state index contributed by atoms with van der Waals surface area (Å²) in [6.45, 7) is 6.77. The standard InChI is InChI=1S/C16H21Cl2NO/c1-10-6-12(9-16(2,3)8-10)19-15(20)13-5-4-11(17)7-14(13)18/h4-5,7,10,12H,6,8-9H2,1-3H3,(H,19,20). The first kappa shape index (κ1) is 15.7. The molecule has 0 saturated heterocycles. The quantitative estimate of drug-likeness (QED) is 0.823. The highest BCUT2D eigenvalue weighted by Gasteiger charge is 2.32. The van der Waals surface area contributed by atoms with Crippen LogP contribution in [-0.2, 0) is 0 Å². The van der Waals surface area contributed by atoms with Crippen molar-refractivity contribution in [3.05, 3.63) is 33.8 Å². The van der Waals surface area contributed by atoms with Gasteiger partial charge >= 0.3 is 0 Å². The summed E-state index contributed by atoms with van der Waals surface area (Å²) in [7, 11) is 0. The van der Waals surface area contributed by atoms with Crippen LogP contribution in [0.5, 0.6) is 0 Å². The van der Waals surface area contributed by atoms with Crippen molar-refractivity contribution in [2.75, 3.05) is 0 Å². The van der Waals surface area contributed by atoms with Gasteiger partial charge in [-0.3, -0.25) is 4.79 Å². The number of hydrogen-bond donors (Lipinski definition) is 1. The van der Waals surface area contributed by atoms with Crippen LogP contribution in [0.15, 0.2) is 18.2 Å². The van der Waals surface area contributed by atoms with Crippen LogP contribution in [0, 0.1) is 11.3 Å². The Kier molecular flexibility index (Phi) is 4.66. The van der Waals surface area contributed by atoms with Crippen molar-refractivity contribution in [3.63, 3.8) is 0 Å². The fourth-order valence-corrected chi connectivity index (χ4v) is 3.89. The van der Waals surface area contributed by atoms with Crippen LogP contribution in [0.25, 0.3) is 0 Å². The molecule has 1 aliphatic carbocycles. The third-order valence-electron chi connectivity index (χ3n) is 3.90. The molecule has 2 atom stereocenters. The van der Waals surface area contributed by atoms with E-state index in [1.54, 1.807) is 18.2 Å². The lowest BCUT2D eigenvalue weighted by Gasteiger charge is -2.39. The van der Waals surface area contributed by atoms with Gasteiger partial charge in [0.05, 0.1) is 10.6 Å². The van der Waals surface area contributed by atoms with Crippen molar-refractivity contribution in [2.45, 2.75) is 46.1 Å². The third kappa shape index (κ3) is 3.89. The number of halogens is 2. The van der Waals surface area contributed by atoms with Gasteiger partial charge in [0, 0.05) is 11.1 Å². The summed E-state index contributed by atoms with van der Waals surface area (Å²) in [5.41, 5.74) is 0.770. The van der Waals surface area contributed by atoms with E-state index >= 15 is 0 Å². The van der Waals surface area contributed by atoms with Crippen molar-refractivity contribution >= 4 is 29.1 Å². The van der Waals surface area contributed by atoms with Gasteiger partial charge in [0.2, 0.25) is 0 Å². The topological polar surface area (TPSA) is 29.1 Å². The van der Waals surface area contributed by atoms with E-state index in [0.29, 0.717) is 21.5 Å². The van der Waals surface area contributed by atoms with E-state index in [-0.39, 0.29) is 17.4 Å². The number of hydrogen-bond acceptors (Lipinski definition) is 1. The molecule has 1 aliphatic rings. The van der Waals surface area contributed by atoms with E-state index in [0.717, 1.165) is 12.8 Å². The third-order valence-corrected chi connectivity index (χ3v) is 4.45. The minimum Gasteiger partial charge on any atom is -0.349 e. The highest BCUT2D eigenvalue weighted by Crippen LogP contribution is 2.38. The number of amides is 1. The minimum atomic E-state index is -0.110. The molecule has 2 rings (SSSR count). The molecule has 1 saturated carbocycles. The van der Waals surface area contributed by atoms with Crippen LogP contribution in [0.4, 0.5) is 0 Å². The Morgan fingerprint density at radius 2 is 2.00 bits per heavy atom. The van der Waals surface area contributed by atoms with Gasteiger partial charge in [0.15, 0.2) is 0 Å². The van der Waals surface area contributed by atoms with Crippen LogP contribution >= 0.6 is 23.2 Å². The molecular weight excluding hydrogens is 293 g/mol. The van der Waals surface area contributed by atoms with Crippen molar-refractivity contribution in [1.29, 1.82) is 0 Å². The Bertz CT molecular complexity index is 513. The largest absolute Gasteiger partial charge is 0.349 e. The van der Waals surface area contributed by atoms with Crippen molar-refractivity contribution < 1.29 is 4.79 Å². The molecule has 1 aromatic rings. The zero-order chi connectivity index (χ0) is 14.9. The van der Waals surface area contributed by atoms with Crippen molar-refractivity contribution in [3.8, 4) is 0 Å². The normalized spacial score (nSPS) is 25.2. The fourth-order valence-electron chi connectivity index (χ4n) is 3.39. The predicted octanol–water partition coefficient (Wildman–Crippen LogP) is 4.94. The summed E-state index contributed by atoms with van der Waals surface area (Å²) >= 11 is 11.9. The average Bonchev–Trinajstić information content (AvgIpc) is 2.25. The van der Waals surface area contributed by atoms with Gasteiger partial charge in [-0.15, -0.1) is 0 Å². The van der Waals surface area contributed by atoms with Gasteiger partial charge < -0.3 is 5.32 Å². The molecule has 1 aromatic carbocycles. The first-order chi connectivity index (χ1) is 9.27. The van der Waals surface area contributed by atoms with E-state index in [4.69, 9.17) is 23.2 Å². The molecule has 1 amide bonds. The molecule has 1 N–H and O–H groups in total. The lowest BCUT2D eigenvalue weighted by Crippen LogP contribution is -2.43. The maximum Gasteiger partial charge on any atom is 0.253 e. The Hall–Kier alpha value is -0.730. The summed E-state index contributed by atoms with van der Waals surface area (Å²) < 4.78 is 0. The van der Waals surface area contributed by atoms with Gasteiger partial charge in [0.1, 0.15) is 0 Å². The van der Waals surface area contributed by atoms with E-state index < -0.39 is 0 Å². The highest BCUT2D eigenvalue weighted by atomic mass is 35.5. The molecule has 2 nitrogen and oxygen atoms in total. The van der Waals surface area contributed by atoms with E-state index in [2.05, 4.69) is 26.1 Å². The molecule has 0 bridgehead atoms. The van der Waals surface area contributed by atoms with Crippen LogP contribution in [-0.4, -0.2) is 11.9 Å². The Balaban J connectivity index is 2.07. The molecular formula is C16H21Cl2NO. The molecule has 1 fully saturated rings. The number of nitrogens with one attached hydrogen (secondary N) is 1. The number of benzene rings is 1. The lowest BCUT2D eigenvalue weighted by molar-refractivity contribution is 0.0874. The number of carbonyl (C=O) groups is 1. The number of rotatable bonds is 2. The maximum atomic E-state index is 12.3. The summed E-state index contributed by atoms with van der Waals surface area (Å²) in [5.74, 6) is 0.520. The summed E-state index contributed by atoms with van der Waals surface area (Å²) in [4.78, 5) is 12.3. The van der Waals surface area contributed by atoms with E-state index in [1.165, 1.54) is 6.42 Å². The second kappa shape index (κ2) is 5.95. The van der Waals surface area contributed by atoms with Gasteiger partial charge in [-0.2, -0.15) is 0 Å². The Labute approximate surface area is 130 Å². The first-order valence-electron chi connectivity index (χ1n) is 7.03. The van der Waals surface area contributed by atoms with Crippen LogP contribution in [0.2, 0.25) is 10.0 Å². The molecule has 2 unspecified atom stereocenters. The average molecular weight is 314 g/mol. The number of carbonyl (C=O) groups excluding carboxylic acids is 1. The molecule has 4 heteroatoms. The fraction of sp³-hybridized carbons (Fsp3) is 0.562. The second-order valence-corrected chi connectivity index (χ2v) is 7.55. The summed E-state index contributed by atoms with van der Waals surface area (Å²) in [6.07, 6.45) is 3.25. The molecule has 110 valence electrons. The maximum absolute atomic E-state index is 12.3. The van der Waals surface area contributed by atoms with Gasteiger partial charge in [0.25, 0.3) is 5.91 Å². The van der Waals surface area contributed by atoms with Crippen LogP contribution in [0.1, 0.15) is 50.4 Å². The molecule has 0 spiro atoms. The minimum absolute atomic E-state index is 0.110. The summed E-state index contributed by atoms with van der Waals surface area (Å²) in [6, 6.07) is 5.19. The monoisotopic (exact) mass is 313 g/mol. The van der Waals surface area contributed by atoms with E-state index in [9.17, 15) is 4.79 Å². The molecule has 0 radical (unpaired) electrons. The molecule has 0 aromatic heterocycles. The Morgan fingerprint density at radius 1 is 1.30 bits per heavy atom. The van der Waals surface area contributed by atoms with Crippen molar-refractivity contribution in [1.82, 2.24) is 5.32 Å². The zero-order valence-corrected chi connectivity index (χ0v) is 13.7. The highest BCUT2D eigenvalue weighted by molar-refractivity contribution is 6.36. The molecule has 0 aliphatic heterocycles. The smallest absolute Gasteiger partial charge is 0.253 e. The lowest BCUT2D eigenvalue weighted by atomic mass is 9.70. The first-order valence-corrected chi connectivity index (χ1v) is 7.78. The van der Waals surface area contributed by atoms with Gasteiger partial charge in [-0.25, -0.2) is 0 Å². The van der Waals surface area contributed by atoms with Gasteiger partial charge in [-0.05, 0) is 48.8 Å². The van der Waals surface area contributed by atoms with Gasteiger partial charge in [-0.1, -0.05) is 44.0 Å². The second-order valence-electron chi connectivity index (χ2n) is 6.71. The Morgan fingerprint density at radius 3 is 2.60 bits per heavy atom. The molecule has 0 heterocycles. The summed E-state index contributed by atoms with van der Waals surface area (Å²) in [5, 5.41) is 4.06. The van der Waals surface area contributed by atoms with Crippen LogP contribution < -0.4 is 5.32 Å². The predicted molar refractivity (Wildman–Crippen MR) is 84.5 cm³/mol. The van der Waals surface area contributed by atoms with Crippen molar-refractivity contribution in [2.24, 2.45) is 11.3 Å². The SMILES string of the molecule is CC1CC(NC(=O)c2ccc(Cl)cc2Cl)CC(C)(C)C1. The van der Waals surface area contributed by atoms with Crippen LogP contribution in [0.3, 0.4) is 0 Å². The zero-order valence-electron chi connectivity index (χ0n) is 12.2.